The van der Waals surface area contributed by atoms with E-state index < -0.39 is 9.28 Å². The Kier molecular flexibility index (Phi) is 8.81. The van der Waals surface area contributed by atoms with Crippen LogP contribution < -0.4 is 0 Å². The van der Waals surface area contributed by atoms with E-state index in [-0.39, 0.29) is 0 Å². The summed E-state index contributed by atoms with van der Waals surface area (Å²) in [6.45, 7) is 10.4. The van der Waals surface area contributed by atoms with Crippen LogP contribution in [0.1, 0.15) is 47.0 Å². The molecule has 0 amide bonds. The van der Waals surface area contributed by atoms with Crippen LogP contribution in [0.25, 0.3) is 0 Å². The molecule has 1 unspecified atom stereocenters. The summed E-state index contributed by atoms with van der Waals surface area (Å²) in [6.07, 6.45) is 3.32. The SMILES string of the molecule is CCCO[Si](OCCC)C(C)CC. The largest absolute Gasteiger partial charge is 0.393 e. The highest BCUT2D eigenvalue weighted by molar-refractivity contribution is 6.46. The topological polar surface area (TPSA) is 18.5 Å². The lowest BCUT2D eigenvalue weighted by atomic mass is 10.4. The minimum Gasteiger partial charge on any atom is -0.393 e. The zero-order chi connectivity index (χ0) is 10.1. The summed E-state index contributed by atoms with van der Waals surface area (Å²) in [6, 6.07) is 0. The first-order chi connectivity index (χ1) is 6.26. The molecule has 2 nitrogen and oxygen atoms in total. The smallest absolute Gasteiger partial charge is 0.387 e. The number of hydrogen-bond donors (Lipinski definition) is 0. The molecule has 0 spiro atoms. The monoisotopic (exact) mass is 203 g/mol. The predicted octanol–water partition coefficient (Wildman–Crippen LogP) is 3.13. The van der Waals surface area contributed by atoms with Gasteiger partial charge in [-0.3, -0.25) is 0 Å². The average molecular weight is 203 g/mol. The van der Waals surface area contributed by atoms with Gasteiger partial charge in [-0.25, -0.2) is 0 Å². The van der Waals surface area contributed by atoms with E-state index in [9.17, 15) is 0 Å². The van der Waals surface area contributed by atoms with Gasteiger partial charge in [-0.05, 0) is 12.8 Å². The summed E-state index contributed by atoms with van der Waals surface area (Å²) >= 11 is 0. The molecule has 0 N–H and O–H groups in total. The Morgan fingerprint density at radius 1 is 1.00 bits per heavy atom. The van der Waals surface area contributed by atoms with Crippen LogP contribution in [0.4, 0.5) is 0 Å². The van der Waals surface area contributed by atoms with Gasteiger partial charge in [0.25, 0.3) is 0 Å². The van der Waals surface area contributed by atoms with Crippen LogP contribution in [0.3, 0.4) is 0 Å². The van der Waals surface area contributed by atoms with Crippen LogP contribution in [0.15, 0.2) is 0 Å². The van der Waals surface area contributed by atoms with Crippen molar-refractivity contribution in [1.82, 2.24) is 0 Å². The van der Waals surface area contributed by atoms with Crippen LogP contribution in [0, 0.1) is 0 Å². The minimum absolute atomic E-state index is 0.600. The maximum atomic E-state index is 5.73. The highest BCUT2D eigenvalue weighted by Crippen LogP contribution is 2.15. The van der Waals surface area contributed by atoms with Gasteiger partial charge in [-0.1, -0.05) is 34.1 Å². The third-order valence-corrected chi connectivity index (χ3v) is 4.10. The van der Waals surface area contributed by atoms with E-state index in [1.54, 1.807) is 0 Å². The molecule has 1 radical (unpaired) electrons. The fraction of sp³-hybridized carbons (Fsp3) is 1.00. The van der Waals surface area contributed by atoms with Crippen LogP contribution in [-0.2, 0) is 8.85 Å². The molecule has 0 aromatic heterocycles. The van der Waals surface area contributed by atoms with Crippen molar-refractivity contribution >= 4 is 9.28 Å². The molecule has 1 atom stereocenters. The number of rotatable bonds is 8. The van der Waals surface area contributed by atoms with Gasteiger partial charge in [0.05, 0.1) is 0 Å². The Bertz CT molecular complexity index is 101. The van der Waals surface area contributed by atoms with Gasteiger partial charge in [-0.15, -0.1) is 0 Å². The zero-order valence-corrected chi connectivity index (χ0v) is 10.4. The first-order valence-electron chi connectivity index (χ1n) is 5.38. The van der Waals surface area contributed by atoms with Gasteiger partial charge in [0.1, 0.15) is 0 Å². The van der Waals surface area contributed by atoms with Crippen LogP contribution in [0.2, 0.25) is 5.54 Å². The Morgan fingerprint density at radius 3 is 1.77 bits per heavy atom. The third kappa shape index (κ3) is 6.24. The Labute approximate surface area is 84.5 Å². The van der Waals surface area contributed by atoms with Gasteiger partial charge >= 0.3 is 9.28 Å². The highest BCUT2D eigenvalue weighted by Gasteiger charge is 2.22. The van der Waals surface area contributed by atoms with Gasteiger partial charge in [0.2, 0.25) is 0 Å². The molecule has 0 aliphatic rings. The molecule has 0 rings (SSSR count). The van der Waals surface area contributed by atoms with E-state index in [1.165, 1.54) is 0 Å². The van der Waals surface area contributed by atoms with E-state index in [0.29, 0.717) is 5.54 Å². The molecule has 0 aromatic carbocycles. The molecule has 0 saturated carbocycles. The molecule has 79 valence electrons. The van der Waals surface area contributed by atoms with Crippen molar-refractivity contribution in [2.24, 2.45) is 0 Å². The van der Waals surface area contributed by atoms with Crippen molar-refractivity contribution in [3.05, 3.63) is 0 Å². The molecule has 13 heavy (non-hydrogen) atoms. The lowest BCUT2D eigenvalue weighted by Crippen LogP contribution is -2.28. The molecule has 0 heterocycles. The summed E-state index contributed by atoms with van der Waals surface area (Å²) in [4.78, 5) is 0. The molecule has 0 aliphatic carbocycles. The average Bonchev–Trinajstić information content (AvgIpc) is 2.17. The van der Waals surface area contributed by atoms with Gasteiger partial charge in [0, 0.05) is 18.8 Å². The summed E-state index contributed by atoms with van der Waals surface area (Å²) in [5.74, 6) is 0. The van der Waals surface area contributed by atoms with Crippen LogP contribution in [-0.4, -0.2) is 22.5 Å². The van der Waals surface area contributed by atoms with Crippen molar-refractivity contribution in [2.45, 2.75) is 52.5 Å². The molecule has 3 heteroatoms. The first kappa shape index (κ1) is 13.1. The lowest BCUT2D eigenvalue weighted by molar-refractivity contribution is 0.188. The second-order valence-corrected chi connectivity index (χ2v) is 5.53. The Balaban J connectivity index is 3.72. The van der Waals surface area contributed by atoms with Crippen molar-refractivity contribution in [3.8, 4) is 0 Å². The summed E-state index contributed by atoms with van der Waals surface area (Å²) in [5.41, 5.74) is 0.600. The maximum absolute atomic E-state index is 5.73. The van der Waals surface area contributed by atoms with Crippen molar-refractivity contribution in [1.29, 1.82) is 0 Å². The summed E-state index contributed by atoms with van der Waals surface area (Å²) < 4.78 is 11.5. The zero-order valence-electron chi connectivity index (χ0n) is 9.43. The maximum Gasteiger partial charge on any atom is 0.387 e. The summed E-state index contributed by atoms with van der Waals surface area (Å²) in [7, 11) is -0.998. The predicted molar refractivity (Wildman–Crippen MR) is 58.0 cm³/mol. The molecule has 0 aliphatic heterocycles. The van der Waals surface area contributed by atoms with E-state index in [1.807, 2.05) is 0 Å². The molecular formula is C10H23O2Si. The van der Waals surface area contributed by atoms with E-state index in [4.69, 9.17) is 8.85 Å². The van der Waals surface area contributed by atoms with Crippen molar-refractivity contribution < 1.29 is 8.85 Å². The Hall–Kier alpha value is 0.137. The van der Waals surface area contributed by atoms with E-state index in [0.717, 1.165) is 32.5 Å². The fourth-order valence-corrected chi connectivity index (χ4v) is 2.69. The fourth-order valence-electron chi connectivity index (χ4n) is 0.898. The standard InChI is InChI=1S/C10H23O2Si/c1-5-8-11-13(10(4)7-3)12-9-6-2/h10H,5-9H2,1-4H3. The molecule has 0 saturated heterocycles. The van der Waals surface area contributed by atoms with Crippen molar-refractivity contribution in [3.63, 3.8) is 0 Å². The van der Waals surface area contributed by atoms with Gasteiger partial charge in [-0.2, -0.15) is 0 Å². The highest BCUT2D eigenvalue weighted by atomic mass is 28.3. The second kappa shape index (κ2) is 8.72. The van der Waals surface area contributed by atoms with Crippen LogP contribution in [0.5, 0.6) is 0 Å². The Morgan fingerprint density at radius 2 is 1.46 bits per heavy atom. The van der Waals surface area contributed by atoms with Gasteiger partial charge in [0.15, 0.2) is 0 Å². The van der Waals surface area contributed by atoms with Crippen molar-refractivity contribution in [2.75, 3.05) is 13.2 Å². The molecular weight excluding hydrogens is 180 g/mol. The van der Waals surface area contributed by atoms with E-state index >= 15 is 0 Å². The third-order valence-electron chi connectivity index (χ3n) is 1.91. The van der Waals surface area contributed by atoms with Crippen LogP contribution >= 0.6 is 0 Å². The van der Waals surface area contributed by atoms with Gasteiger partial charge < -0.3 is 8.85 Å². The molecule has 0 bridgehead atoms. The minimum atomic E-state index is -0.998. The second-order valence-electron chi connectivity index (χ2n) is 3.33. The molecule has 0 aromatic rings. The lowest BCUT2D eigenvalue weighted by Gasteiger charge is -2.19. The quantitative estimate of drug-likeness (QED) is 0.564. The first-order valence-corrected chi connectivity index (χ1v) is 6.78. The number of hydrogen-bond acceptors (Lipinski definition) is 2. The molecule has 0 fully saturated rings. The van der Waals surface area contributed by atoms with E-state index in [2.05, 4.69) is 27.7 Å². The normalized spacial score (nSPS) is 13.6. The summed E-state index contributed by atoms with van der Waals surface area (Å²) in [5, 5.41) is 0.